The third-order valence-corrected chi connectivity index (χ3v) is 3.60. The molecule has 2 amide bonds. The summed E-state index contributed by atoms with van der Waals surface area (Å²) in [5.74, 6) is -0.607. The second kappa shape index (κ2) is 7.07. The van der Waals surface area contributed by atoms with Crippen LogP contribution in [0.1, 0.15) is 10.4 Å². The van der Waals surface area contributed by atoms with Crippen LogP contribution >= 0.6 is 22.6 Å². The fourth-order valence-corrected chi connectivity index (χ4v) is 2.21. The van der Waals surface area contributed by atoms with Crippen LogP contribution in [0.25, 0.3) is 0 Å². The van der Waals surface area contributed by atoms with Crippen LogP contribution in [-0.2, 0) is 4.79 Å². The molecule has 21 heavy (non-hydrogen) atoms. The number of carbonyl (C=O) groups excluding carboxylic acids is 2. The first-order valence-electron chi connectivity index (χ1n) is 6.14. The molecule has 0 aliphatic carbocycles. The summed E-state index contributed by atoms with van der Waals surface area (Å²) in [6.45, 7) is -0.199. The Morgan fingerprint density at radius 1 is 1.10 bits per heavy atom. The van der Waals surface area contributed by atoms with Crippen LogP contribution in [0.4, 0.5) is 5.69 Å². The van der Waals surface area contributed by atoms with Gasteiger partial charge in [-0.15, -0.1) is 0 Å². The molecule has 2 aromatic carbocycles. The number of hydrogen-bond donors (Lipinski definition) is 2. The molecule has 0 spiro atoms. The Labute approximate surface area is 135 Å². The van der Waals surface area contributed by atoms with Gasteiger partial charge in [0.25, 0.3) is 11.8 Å². The zero-order valence-electron chi connectivity index (χ0n) is 11.0. The van der Waals surface area contributed by atoms with Gasteiger partial charge in [0, 0.05) is 3.57 Å². The Morgan fingerprint density at radius 2 is 1.76 bits per heavy atom. The lowest BCUT2D eigenvalue weighted by Gasteiger charge is -2.10. The third kappa shape index (κ3) is 4.19. The molecule has 0 bridgehead atoms. The molecule has 0 unspecified atom stereocenters. The molecule has 0 aliphatic rings. The molecular weight excluding hydrogens is 383 g/mol. The summed E-state index contributed by atoms with van der Waals surface area (Å²) in [7, 11) is 0. The molecule has 108 valence electrons. The molecule has 0 heterocycles. The highest BCUT2D eigenvalue weighted by atomic mass is 127. The van der Waals surface area contributed by atoms with Gasteiger partial charge in [-0.05, 0) is 46.9 Å². The Bertz CT molecular complexity index is 673. The zero-order valence-corrected chi connectivity index (χ0v) is 13.2. The van der Waals surface area contributed by atoms with E-state index in [1.54, 1.807) is 30.3 Å². The van der Waals surface area contributed by atoms with Gasteiger partial charge in [-0.3, -0.25) is 9.59 Å². The van der Waals surface area contributed by atoms with Crippen molar-refractivity contribution in [3.8, 4) is 5.75 Å². The number of amides is 2. The molecule has 0 saturated carbocycles. The summed E-state index contributed by atoms with van der Waals surface area (Å²) in [6, 6.07) is 13.9. The molecule has 6 heteroatoms. The molecule has 3 N–H and O–H groups in total. The fourth-order valence-electron chi connectivity index (χ4n) is 1.69. The SMILES string of the molecule is NC(=O)c1ccccc1OCC(=O)Nc1ccccc1I. The van der Waals surface area contributed by atoms with Gasteiger partial charge < -0.3 is 15.8 Å². The van der Waals surface area contributed by atoms with Crippen molar-refractivity contribution in [3.63, 3.8) is 0 Å². The molecule has 2 aromatic rings. The van der Waals surface area contributed by atoms with Crippen LogP contribution in [0, 0.1) is 3.57 Å². The lowest BCUT2D eigenvalue weighted by molar-refractivity contribution is -0.118. The summed E-state index contributed by atoms with van der Waals surface area (Å²) in [4.78, 5) is 23.1. The molecule has 0 aromatic heterocycles. The van der Waals surface area contributed by atoms with Gasteiger partial charge in [-0.1, -0.05) is 24.3 Å². The average Bonchev–Trinajstić information content (AvgIpc) is 2.48. The van der Waals surface area contributed by atoms with E-state index in [0.29, 0.717) is 5.75 Å². The van der Waals surface area contributed by atoms with Crippen LogP contribution in [0.15, 0.2) is 48.5 Å². The van der Waals surface area contributed by atoms with Crippen molar-refractivity contribution >= 4 is 40.1 Å². The van der Waals surface area contributed by atoms with Crippen molar-refractivity contribution in [2.24, 2.45) is 5.73 Å². The van der Waals surface area contributed by atoms with Crippen molar-refractivity contribution in [1.82, 2.24) is 0 Å². The molecule has 0 fully saturated rings. The first-order chi connectivity index (χ1) is 10.1. The van der Waals surface area contributed by atoms with E-state index in [1.165, 1.54) is 0 Å². The van der Waals surface area contributed by atoms with E-state index in [0.717, 1.165) is 9.26 Å². The van der Waals surface area contributed by atoms with Crippen molar-refractivity contribution < 1.29 is 14.3 Å². The number of rotatable bonds is 5. The number of carbonyl (C=O) groups is 2. The Morgan fingerprint density at radius 3 is 2.48 bits per heavy atom. The number of hydrogen-bond acceptors (Lipinski definition) is 3. The van der Waals surface area contributed by atoms with Crippen molar-refractivity contribution in [1.29, 1.82) is 0 Å². The first-order valence-corrected chi connectivity index (χ1v) is 7.22. The minimum absolute atomic E-state index is 0.199. The maximum absolute atomic E-state index is 11.9. The largest absolute Gasteiger partial charge is 0.483 e. The van der Waals surface area contributed by atoms with E-state index in [1.807, 2.05) is 18.2 Å². The summed E-state index contributed by atoms with van der Waals surface area (Å²) < 4.78 is 6.29. The van der Waals surface area contributed by atoms with Gasteiger partial charge in [0.1, 0.15) is 5.75 Å². The van der Waals surface area contributed by atoms with Gasteiger partial charge in [-0.2, -0.15) is 0 Å². The van der Waals surface area contributed by atoms with Gasteiger partial charge in [0.2, 0.25) is 0 Å². The number of nitrogens with one attached hydrogen (secondary N) is 1. The summed E-state index contributed by atoms with van der Waals surface area (Å²) >= 11 is 2.13. The number of ether oxygens (including phenoxy) is 1. The minimum Gasteiger partial charge on any atom is -0.483 e. The third-order valence-electron chi connectivity index (χ3n) is 2.66. The molecule has 5 nitrogen and oxygen atoms in total. The maximum Gasteiger partial charge on any atom is 0.262 e. The van der Waals surface area contributed by atoms with Crippen molar-refractivity contribution in [3.05, 3.63) is 57.7 Å². The van der Waals surface area contributed by atoms with Crippen LogP contribution in [0.5, 0.6) is 5.75 Å². The first kappa shape index (κ1) is 15.3. The van der Waals surface area contributed by atoms with Crippen LogP contribution in [0.2, 0.25) is 0 Å². The van der Waals surface area contributed by atoms with Crippen molar-refractivity contribution in [2.75, 3.05) is 11.9 Å². The Balaban J connectivity index is 1.99. The van der Waals surface area contributed by atoms with Crippen LogP contribution < -0.4 is 15.8 Å². The minimum atomic E-state index is -0.594. The summed E-state index contributed by atoms with van der Waals surface area (Å²) in [5.41, 5.74) is 6.21. The van der Waals surface area contributed by atoms with Gasteiger partial charge in [-0.25, -0.2) is 0 Å². The van der Waals surface area contributed by atoms with Crippen LogP contribution in [0.3, 0.4) is 0 Å². The highest BCUT2D eigenvalue weighted by molar-refractivity contribution is 14.1. The van der Waals surface area contributed by atoms with Crippen molar-refractivity contribution in [2.45, 2.75) is 0 Å². The Hall–Kier alpha value is -2.09. The van der Waals surface area contributed by atoms with Gasteiger partial charge in [0.15, 0.2) is 6.61 Å². The highest BCUT2D eigenvalue weighted by Crippen LogP contribution is 2.18. The lowest BCUT2D eigenvalue weighted by Crippen LogP contribution is -2.22. The number of anilines is 1. The van der Waals surface area contributed by atoms with E-state index in [-0.39, 0.29) is 18.1 Å². The van der Waals surface area contributed by atoms with Crippen LogP contribution in [-0.4, -0.2) is 18.4 Å². The molecule has 0 atom stereocenters. The van der Waals surface area contributed by atoms with Gasteiger partial charge >= 0.3 is 0 Å². The second-order valence-electron chi connectivity index (χ2n) is 4.18. The number of para-hydroxylation sites is 2. The lowest BCUT2D eigenvalue weighted by atomic mass is 10.2. The molecule has 2 rings (SSSR count). The average molecular weight is 396 g/mol. The number of primary amides is 1. The van der Waals surface area contributed by atoms with E-state index >= 15 is 0 Å². The van der Waals surface area contributed by atoms with E-state index in [4.69, 9.17) is 10.5 Å². The maximum atomic E-state index is 11.9. The zero-order chi connectivity index (χ0) is 15.2. The topological polar surface area (TPSA) is 81.4 Å². The molecule has 0 saturated heterocycles. The molecule has 0 radical (unpaired) electrons. The number of halogens is 1. The second-order valence-corrected chi connectivity index (χ2v) is 5.34. The molecular formula is C15H13IN2O3. The number of benzene rings is 2. The van der Waals surface area contributed by atoms with Gasteiger partial charge in [0.05, 0.1) is 11.3 Å². The quantitative estimate of drug-likeness (QED) is 0.762. The summed E-state index contributed by atoms with van der Waals surface area (Å²) in [5, 5.41) is 2.74. The predicted octanol–water partition coefficient (Wildman–Crippen LogP) is 2.41. The number of nitrogens with two attached hydrogens (primary N) is 1. The summed E-state index contributed by atoms with van der Waals surface area (Å²) in [6.07, 6.45) is 0. The Kier molecular flexibility index (Phi) is 5.15. The fraction of sp³-hybridized carbons (Fsp3) is 0.0667. The van der Waals surface area contributed by atoms with E-state index < -0.39 is 5.91 Å². The smallest absolute Gasteiger partial charge is 0.262 e. The monoisotopic (exact) mass is 396 g/mol. The highest BCUT2D eigenvalue weighted by Gasteiger charge is 2.11. The normalized spacial score (nSPS) is 9.95. The molecule has 0 aliphatic heterocycles. The van der Waals surface area contributed by atoms with E-state index in [2.05, 4.69) is 27.9 Å². The van der Waals surface area contributed by atoms with E-state index in [9.17, 15) is 9.59 Å². The predicted molar refractivity (Wildman–Crippen MR) is 88.2 cm³/mol. The standard InChI is InChI=1S/C15H13IN2O3/c16-11-6-2-3-7-12(11)18-14(19)9-21-13-8-4-1-5-10(13)15(17)20/h1-8H,9H2,(H2,17,20)(H,18,19).